The minimum absolute atomic E-state index is 0. The van der Waals surface area contributed by atoms with Crippen LogP contribution in [0, 0.1) is 0 Å². The molecule has 14 nitrogen and oxygen atoms in total. The van der Waals surface area contributed by atoms with E-state index >= 15 is 0 Å². The van der Waals surface area contributed by atoms with Gasteiger partial charge in [0.05, 0.1) is 36.8 Å². The van der Waals surface area contributed by atoms with E-state index in [9.17, 15) is 19.2 Å². The van der Waals surface area contributed by atoms with Crippen LogP contribution in [0.2, 0.25) is 0 Å². The largest absolute Gasteiger partial charge is 1.00 e. The Kier molecular flexibility index (Phi) is 50.8. The first-order valence-corrected chi connectivity index (χ1v) is 5.37. The summed E-state index contributed by atoms with van der Waals surface area (Å²) in [6.45, 7) is 0. The van der Waals surface area contributed by atoms with E-state index in [1.54, 1.807) is 0 Å². The Balaban J connectivity index is -0.0000000273. The first kappa shape index (κ1) is 57.1. The van der Waals surface area contributed by atoms with Gasteiger partial charge in [-0.3, -0.25) is 19.2 Å². The standard InChI is InChI=1S/C10H16N2O8.4Na.4H2O.4H/c11-9(1-5(13)14,2-6(15)16)10(12,3-7(17)18)4-8(19)20;;;;;;;;;;;;/h1-4,11-12H2,(H,13,14)(H,15,16)(H,17,18)(H,19,20);;;;;4*1H2;;;;/q;4*+1;;;;;4*-1. The van der Waals surface area contributed by atoms with Crippen LogP contribution in [0.5, 0.6) is 0 Å². The maximum atomic E-state index is 10.8. The van der Waals surface area contributed by atoms with Crippen molar-refractivity contribution >= 4 is 23.9 Å². The van der Waals surface area contributed by atoms with Gasteiger partial charge in [-0.05, 0) is 0 Å². The molecule has 0 fully saturated rings. The van der Waals surface area contributed by atoms with Gasteiger partial charge in [0.2, 0.25) is 0 Å². The first-order valence-electron chi connectivity index (χ1n) is 5.37. The van der Waals surface area contributed by atoms with Gasteiger partial charge in [-0.15, -0.1) is 0 Å². The zero-order valence-electron chi connectivity index (χ0n) is 20.4. The molecule has 18 heteroatoms. The predicted octanol–water partition coefficient (Wildman–Crippen LogP) is -16.6. The Morgan fingerprint density at radius 2 is 0.643 bits per heavy atom. The van der Waals surface area contributed by atoms with Crippen LogP contribution in [0.15, 0.2) is 0 Å². The Morgan fingerprint density at radius 1 is 0.536 bits per heavy atom. The molecule has 0 aromatic carbocycles. The molecule has 0 unspecified atom stereocenters. The Labute approximate surface area is 254 Å². The Morgan fingerprint density at radius 3 is 0.714 bits per heavy atom. The minimum atomic E-state index is -2.22. The number of hydrogen-bond donors (Lipinski definition) is 6. The van der Waals surface area contributed by atoms with E-state index < -0.39 is 60.6 Å². The quantitative estimate of drug-likeness (QED) is 0.176. The summed E-state index contributed by atoms with van der Waals surface area (Å²) in [7, 11) is 0. The molecule has 154 valence electrons. The smallest absolute Gasteiger partial charge is 1.00 e. The second-order valence-corrected chi connectivity index (χ2v) is 4.59. The van der Waals surface area contributed by atoms with Crippen LogP contribution in [0.1, 0.15) is 31.4 Å². The zero-order valence-corrected chi connectivity index (χ0v) is 24.4. The molecule has 0 aliphatic rings. The number of aliphatic carboxylic acids is 4. The molecule has 0 bridgehead atoms. The van der Waals surface area contributed by atoms with Crippen molar-refractivity contribution in [2.75, 3.05) is 0 Å². The number of carboxylic acids is 4. The van der Waals surface area contributed by atoms with Gasteiger partial charge in [0.1, 0.15) is 0 Å². The number of carboxylic acid groups (broad SMARTS) is 4. The second kappa shape index (κ2) is 24.9. The van der Waals surface area contributed by atoms with E-state index in [1.165, 1.54) is 0 Å². The van der Waals surface area contributed by atoms with Crippen molar-refractivity contribution < 1.29 is 185 Å². The molecule has 0 aliphatic heterocycles. The molecule has 0 radical (unpaired) electrons. The predicted molar refractivity (Wildman–Crippen MR) is 81.8 cm³/mol. The van der Waals surface area contributed by atoms with E-state index in [0.29, 0.717) is 0 Å². The molecule has 0 spiro atoms. The van der Waals surface area contributed by atoms with E-state index in [4.69, 9.17) is 31.9 Å². The molecule has 0 amide bonds. The summed E-state index contributed by atoms with van der Waals surface area (Å²) in [5, 5.41) is 35.1. The number of hydrogen-bond acceptors (Lipinski definition) is 6. The second-order valence-electron chi connectivity index (χ2n) is 4.59. The van der Waals surface area contributed by atoms with Crippen molar-refractivity contribution in [3.8, 4) is 0 Å². The molecule has 0 saturated heterocycles. The number of nitrogens with two attached hydrogens (primary N) is 2. The first-order chi connectivity index (χ1) is 8.92. The van der Waals surface area contributed by atoms with E-state index in [0.717, 1.165) is 0 Å². The summed E-state index contributed by atoms with van der Waals surface area (Å²) < 4.78 is 0. The SMILES string of the molecule is NC(CC(=O)O)(CC(=O)O)C(N)(CC(=O)O)CC(=O)O.O.O.O.O.[H-].[H-].[H-].[H-].[Na+].[Na+].[Na+].[Na+]. The molecule has 0 aliphatic carbocycles. The molecule has 0 aromatic heterocycles. The van der Waals surface area contributed by atoms with Gasteiger partial charge in [-0.25, -0.2) is 0 Å². The van der Waals surface area contributed by atoms with Gasteiger partial charge in [0, 0.05) is 0 Å². The zero-order chi connectivity index (χ0) is 16.1. The maximum absolute atomic E-state index is 10.8. The van der Waals surface area contributed by atoms with Crippen molar-refractivity contribution in [1.29, 1.82) is 0 Å². The average Bonchev–Trinajstić information content (AvgIpc) is 2.10. The normalized spacial score (nSPS) is 8.50. The molecule has 28 heavy (non-hydrogen) atoms. The fraction of sp³-hybridized carbons (Fsp3) is 0.600. The van der Waals surface area contributed by atoms with Gasteiger partial charge in [-0.2, -0.15) is 0 Å². The van der Waals surface area contributed by atoms with Gasteiger partial charge in [-0.1, -0.05) is 0 Å². The van der Waals surface area contributed by atoms with Crippen LogP contribution in [0.4, 0.5) is 0 Å². The number of rotatable bonds is 9. The summed E-state index contributed by atoms with van der Waals surface area (Å²) in [4.78, 5) is 43.2. The molecule has 0 aromatic rings. The molecular weight excluding hydrogens is 432 g/mol. The van der Waals surface area contributed by atoms with Crippen LogP contribution in [-0.2, 0) is 19.2 Å². The van der Waals surface area contributed by atoms with Crippen LogP contribution < -0.4 is 130 Å². The molecule has 0 saturated carbocycles. The van der Waals surface area contributed by atoms with E-state index in [2.05, 4.69) is 0 Å². The van der Waals surface area contributed by atoms with Gasteiger partial charge in [0.25, 0.3) is 0 Å². The van der Waals surface area contributed by atoms with Crippen molar-refractivity contribution in [3.05, 3.63) is 0 Å². The Bertz CT molecular complexity index is 400. The maximum Gasteiger partial charge on any atom is 1.00 e. The van der Waals surface area contributed by atoms with Crippen LogP contribution >= 0.6 is 0 Å². The average molecular weight is 460 g/mol. The molecule has 0 atom stereocenters. The fourth-order valence-corrected chi connectivity index (χ4v) is 1.91. The summed E-state index contributed by atoms with van der Waals surface area (Å²) in [5.74, 6) is -6.06. The monoisotopic (exact) mass is 460 g/mol. The van der Waals surface area contributed by atoms with Crippen molar-refractivity contribution in [2.45, 2.75) is 36.8 Å². The number of carbonyl (C=O) groups is 4. The van der Waals surface area contributed by atoms with Gasteiger partial charge < -0.3 is 59.5 Å². The molecular formula is C10H28N2Na4O12. The third-order valence-electron chi connectivity index (χ3n) is 2.86. The van der Waals surface area contributed by atoms with Crippen molar-refractivity contribution in [2.24, 2.45) is 11.5 Å². The minimum Gasteiger partial charge on any atom is -1.00 e. The summed E-state index contributed by atoms with van der Waals surface area (Å²) in [6.07, 6.45) is -3.90. The molecule has 16 N–H and O–H groups in total. The van der Waals surface area contributed by atoms with Crippen LogP contribution in [0.25, 0.3) is 0 Å². The molecule has 0 heterocycles. The third kappa shape index (κ3) is 20.9. The molecule has 0 rings (SSSR count). The van der Waals surface area contributed by atoms with Crippen LogP contribution in [0.3, 0.4) is 0 Å². The van der Waals surface area contributed by atoms with Crippen molar-refractivity contribution in [3.63, 3.8) is 0 Å². The van der Waals surface area contributed by atoms with Crippen LogP contribution in [-0.4, -0.2) is 77.3 Å². The third-order valence-corrected chi connectivity index (χ3v) is 2.86. The summed E-state index contributed by atoms with van der Waals surface area (Å²) in [6, 6.07) is 0. The van der Waals surface area contributed by atoms with Gasteiger partial charge >= 0.3 is 142 Å². The topological polar surface area (TPSA) is 327 Å². The fourth-order valence-electron chi connectivity index (χ4n) is 1.91. The van der Waals surface area contributed by atoms with Gasteiger partial charge in [0.15, 0.2) is 0 Å². The van der Waals surface area contributed by atoms with E-state index in [-0.39, 0.29) is 146 Å². The van der Waals surface area contributed by atoms with E-state index in [1.807, 2.05) is 0 Å². The summed E-state index contributed by atoms with van der Waals surface area (Å²) >= 11 is 0. The Hall–Kier alpha value is 1.64. The van der Waals surface area contributed by atoms with Crippen molar-refractivity contribution in [1.82, 2.24) is 0 Å². The summed E-state index contributed by atoms with van der Waals surface area (Å²) in [5.41, 5.74) is 6.88.